The Hall–Kier alpha value is -1.18. The second-order valence-electron chi connectivity index (χ2n) is 4.84. The standard InChI is InChI=1S/C13H23NO6/c1-7-11(17-5)12(20-9(3)16)10(13(18-6)19-7)14(4)8(2)15/h7,10-13H,1-6H3/t7-,10-,11+,12-,13?/m1/s1. The summed E-state index contributed by atoms with van der Waals surface area (Å²) in [5.74, 6) is -0.620. The van der Waals surface area contributed by atoms with E-state index in [2.05, 4.69) is 0 Å². The number of nitrogens with zero attached hydrogens (tertiary/aromatic N) is 1. The minimum absolute atomic E-state index is 0.179. The molecule has 116 valence electrons. The maximum Gasteiger partial charge on any atom is 0.303 e. The minimum Gasteiger partial charge on any atom is -0.457 e. The van der Waals surface area contributed by atoms with Gasteiger partial charge in [-0.15, -0.1) is 0 Å². The molecule has 1 fully saturated rings. The molecule has 0 bridgehead atoms. The molecule has 7 nitrogen and oxygen atoms in total. The quantitative estimate of drug-likeness (QED) is 0.687. The lowest BCUT2D eigenvalue weighted by atomic mass is 9.96. The molecule has 1 unspecified atom stereocenters. The van der Waals surface area contributed by atoms with Gasteiger partial charge in [0.25, 0.3) is 0 Å². The lowest BCUT2D eigenvalue weighted by Crippen LogP contribution is -2.64. The van der Waals surface area contributed by atoms with E-state index in [0.717, 1.165) is 0 Å². The zero-order chi connectivity index (χ0) is 15.4. The summed E-state index contributed by atoms with van der Waals surface area (Å²) in [6.45, 7) is 4.55. The zero-order valence-corrected chi connectivity index (χ0v) is 12.8. The normalized spacial score (nSPS) is 33.6. The molecule has 0 radical (unpaired) electrons. The number of rotatable bonds is 4. The first-order valence-electron chi connectivity index (χ1n) is 6.45. The summed E-state index contributed by atoms with van der Waals surface area (Å²) in [5, 5.41) is 0. The molecule has 1 saturated heterocycles. The van der Waals surface area contributed by atoms with Gasteiger partial charge in [0.2, 0.25) is 5.91 Å². The van der Waals surface area contributed by atoms with Gasteiger partial charge in [-0.25, -0.2) is 0 Å². The van der Waals surface area contributed by atoms with Crippen LogP contribution in [0.2, 0.25) is 0 Å². The Morgan fingerprint density at radius 1 is 1.10 bits per heavy atom. The molecule has 0 aromatic carbocycles. The van der Waals surface area contributed by atoms with Crippen molar-refractivity contribution < 1.29 is 28.5 Å². The molecular formula is C13H23NO6. The van der Waals surface area contributed by atoms with Crippen molar-refractivity contribution in [3.63, 3.8) is 0 Å². The van der Waals surface area contributed by atoms with Gasteiger partial charge < -0.3 is 23.8 Å². The van der Waals surface area contributed by atoms with Crippen LogP contribution in [-0.4, -0.2) is 68.7 Å². The lowest BCUT2D eigenvalue weighted by Gasteiger charge is -2.46. The molecule has 20 heavy (non-hydrogen) atoms. The van der Waals surface area contributed by atoms with Crippen LogP contribution in [0.15, 0.2) is 0 Å². The Kier molecular flexibility index (Phi) is 5.91. The highest BCUT2D eigenvalue weighted by atomic mass is 16.7. The average molecular weight is 289 g/mol. The van der Waals surface area contributed by atoms with Crippen molar-refractivity contribution in [2.75, 3.05) is 21.3 Å². The van der Waals surface area contributed by atoms with Crippen LogP contribution in [0.3, 0.4) is 0 Å². The predicted octanol–water partition coefficient (Wildman–Crippen LogP) is 0.171. The van der Waals surface area contributed by atoms with E-state index in [1.165, 1.54) is 33.0 Å². The van der Waals surface area contributed by atoms with Crippen molar-refractivity contribution in [2.45, 2.75) is 51.4 Å². The molecule has 1 aliphatic rings. The van der Waals surface area contributed by atoms with Crippen molar-refractivity contribution in [3.05, 3.63) is 0 Å². The van der Waals surface area contributed by atoms with E-state index in [0.29, 0.717) is 0 Å². The number of ether oxygens (including phenoxy) is 4. The highest BCUT2D eigenvalue weighted by molar-refractivity contribution is 5.73. The van der Waals surface area contributed by atoms with Gasteiger partial charge in [0.1, 0.15) is 12.1 Å². The molecule has 0 saturated carbocycles. The van der Waals surface area contributed by atoms with Crippen LogP contribution in [-0.2, 0) is 28.5 Å². The van der Waals surface area contributed by atoms with E-state index < -0.39 is 30.5 Å². The number of hydrogen-bond donors (Lipinski definition) is 0. The Bertz CT molecular complexity index is 361. The van der Waals surface area contributed by atoms with E-state index in [4.69, 9.17) is 18.9 Å². The Morgan fingerprint density at radius 2 is 1.70 bits per heavy atom. The third kappa shape index (κ3) is 3.47. The van der Waals surface area contributed by atoms with Crippen LogP contribution in [0.1, 0.15) is 20.8 Å². The summed E-state index contributed by atoms with van der Waals surface area (Å²) in [4.78, 5) is 24.4. The fourth-order valence-electron chi connectivity index (χ4n) is 2.45. The molecule has 1 aliphatic heterocycles. The summed E-state index contributed by atoms with van der Waals surface area (Å²) in [5.41, 5.74) is 0. The number of amides is 1. The van der Waals surface area contributed by atoms with Crippen molar-refractivity contribution in [2.24, 2.45) is 0 Å². The molecule has 1 rings (SSSR count). The number of carbonyl (C=O) groups excluding carboxylic acids is 2. The predicted molar refractivity (Wildman–Crippen MR) is 69.9 cm³/mol. The zero-order valence-electron chi connectivity index (χ0n) is 12.8. The van der Waals surface area contributed by atoms with Gasteiger partial charge in [-0.05, 0) is 6.92 Å². The van der Waals surface area contributed by atoms with Gasteiger partial charge in [0, 0.05) is 35.1 Å². The molecular weight excluding hydrogens is 266 g/mol. The average Bonchev–Trinajstić information content (AvgIpc) is 2.36. The smallest absolute Gasteiger partial charge is 0.303 e. The molecule has 0 spiro atoms. The molecule has 5 atom stereocenters. The Labute approximate surface area is 119 Å². The molecule has 0 aromatic rings. The van der Waals surface area contributed by atoms with Crippen LogP contribution in [0.4, 0.5) is 0 Å². The van der Waals surface area contributed by atoms with Crippen LogP contribution in [0.5, 0.6) is 0 Å². The summed E-state index contributed by atoms with van der Waals surface area (Å²) in [6, 6.07) is -0.567. The number of carbonyl (C=O) groups is 2. The van der Waals surface area contributed by atoms with Gasteiger partial charge >= 0.3 is 5.97 Å². The third-order valence-electron chi connectivity index (χ3n) is 3.50. The molecule has 7 heteroatoms. The highest BCUT2D eigenvalue weighted by Gasteiger charge is 2.49. The second kappa shape index (κ2) is 7.01. The summed E-state index contributed by atoms with van der Waals surface area (Å²) in [7, 11) is 4.61. The summed E-state index contributed by atoms with van der Waals surface area (Å²) >= 11 is 0. The molecule has 0 N–H and O–H groups in total. The molecule has 1 amide bonds. The SMILES string of the molecule is COC1O[C@H](C)[C@H](OC)[C@H](OC(C)=O)[C@H]1N(C)C(C)=O. The lowest BCUT2D eigenvalue weighted by molar-refractivity contribution is -0.275. The van der Waals surface area contributed by atoms with Gasteiger partial charge in [-0.2, -0.15) is 0 Å². The number of likely N-dealkylation sites (N-methyl/N-ethyl adjacent to an activating group) is 1. The second-order valence-corrected chi connectivity index (χ2v) is 4.84. The first-order valence-corrected chi connectivity index (χ1v) is 6.45. The molecule has 0 aromatic heterocycles. The summed E-state index contributed by atoms with van der Waals surface area (Å²) < 4.78 is 21.7. The maximum absolute atomic E-state index is 11.6. The largest absolute Gasteiger partial charge is 0.457 e. The van der Waals surface area contributed by atoms with Crippen LogP contribution in [0.25, 0.3) is 0 Å². The summed E-state index contributed by atoms with van der Waals surface area (Å²) in [6.07, 6.45) is -2.14. The van der Waals surface area contributed by atoms with Gasteiger partial charge in [-0.1, -0.05) is 0 Å². The Morgan fingerprint density at radius 3 is 2.10 bits per heavy atom. The third-order valence-corrected chi connectivity index (χ3v) is 3.50. The van der Waals surface area contributed by atoms with Crippen LogP contribution in [0, 0.1) is 0 Å². The molecule has 1 heterocycles. The van der Waals surface area contributed by atoms with E-state index in [-0.39, 0.29) is 12.0 Å². The van der Waals surface area contributed by atoms with Crippen molar-refractivity contribution in [3.8, 4) is 0 Å². The van der Waals surface area contributed by atoms with Gasteiger partial charge in [0.15, 0.2) is 12.4 Å². The maximum atomic E-state index is 11.6. The molecule has 0 aliphatic carbocycles. The Balaban J connectivity index is 3.12. The van der Waals surface area contributed by atoms with Crippen molar-refractivity contribution in [1.29, 1.82) is 0 Å². The number of esters is 1. The van der Waals surface area contributed by atoms with Crippen molar-refractivity contribution in [1.82, 2.24) is 4.90 Å². The van der Waals surface area contributed by atoms with E-state index >= 15 is 0 Å². The van der Waals surface area contributed by atoms with Gasteiger partial charge in [-0.3, -0.25) is 9.59 Å². The minimum atomic E-state index is -0.686. The monoisotopic (exact) mass is 289 g/mol. The first kappa shape index (κ1) is 16.9. The van der Waals surface area contributed by atoms with Gasteiger partial charge in [0.05, 0.1) is 6.10 Å². The van der Waals surface area contributed by atoms with Crippen LogP contribution >= 0.6 is 0 Å². The fourth-order valence-corrected chi connectivity index (χ4v) is 2.45. The highest BCUT2D eigenvalue weighted by Crippen LogP contribution is 2.29. The fraction of sp³-hybridized carbons (Fsp3) is 0.846. The van der Waals surface area contributed by atoms with Crippen LogP contribution < -0.4 is 0 Å². The van der Waals surface area contributed by atoms with E-state index in [1.54, 1.807) is 14.0 Å². The topological polar surface area (TPSA) is 74.3 Å². The van der Waals surface area contributed by atoms with Crippen molar-refractivity contribution >= 4 is 11.9 Å². The van der Waals surface area contributed by atoms with E-state index in [9.17, 15) is 9.59 Å². The number of methoxy groups -OCH3 is 2. The van der Waals surface area contributed by atoms with E-state index in [1.807, 2.05) is 0 Å². The first-order chi connectivity index (χ1) is 9.33. The number of hydrogen-bond acceptors (Lipinski definition) is 6.